The average Bonchev–Trinajstić information content (AvgIpc) is 3.26. The lowest BCUT2D eigenvalue weighted by Gasteiger charge is -2.25. The first-order valence-electron chi connectivity index (χ1n) is 11.0. The zero-order chi connectivity index (χ0) is 23.3. The van der Waals surface area contributed by atoms with Gasteiger partial charge < -0.3 is 28.4 Å². The van der Waals surface area contributed by atoms with E-state index in [2.05, 4.69) is 6.92 Å². The normalized spacial score (nSPS) is 24.3. The summed E-state index contributed by atoms with van der Waals surface area (Å²) in [6, 6.07) is 7.08. The minimum atomic E-state index is -0.712. The molecule has 4 atom stereocenters. The highest BCUT2D eigenvalue weighted by Crippen LogP contribution is 2.37. The molecule has 0 saturated carbocycles. The SMILES string of the molecule is CCOC(=O)C(=Cc1ccc(OCC(C)[C@@H]2OC[C@H]3OC(C)(C)O[C@H]32)cc1)C(=O)OCC. The number of rotatable bonds is 9. The zero-order valence-corrected chi connectivity index (χ0v) is 19.3. The summed E-state index contributed by atoms with van der Waals surface area (Å²) in [7, 11) is 0. The van der Waals surface area contributed by atoms with Gasteiger partial charge in [0.1, 0.15) is 23.5 Å². The quantitative estimate of drug-likeness (QED) is 0.246. The van der Waals surface area contributed by atoms with Crippen LogP contribution in [-0.2, 0) is 33.3 Å². The van der Waals surface area contributed by atoms with Gasteiger partial charge in [-0.15, -0.1) is 0 Å². The maximum Gasteiger partial charge on any atom is 0.345 e. The summed E-state index contributed by atoms with van der Waals surface area (Å²) in [6.45, 7) is 10.5. The molecular formula is C24H32O8. The van der Waals surface area contributed by atoms with E-state index < -0.39 is 17.7 Å². The summed E-state index contributed by atoms with van der Waals surface area (Å²) in [5.74, 6) is -1.25. The van der Waals surface area contributed by atoms with E-state index >= 15 is 0 Å². The lowest BCUT2D eigenvalue weighted by molar-refractivity contribution is -0.180. The van der Waals surface area contributed by atoms with Crippen LogP contribution in [0.3, 0.4) is 0 Å². The molecule has 0 amide bonds. The van der Waals surface area contributed by atoms with Crippen LogP contribution in [0.15, 0.2) is 29.8 Å². The van der Waals surface area contributed by atoms with Gasteiger partial charge in [-0.1, -0.05) is 19.1 Å². The number of ether oxygens (including phenoxy) is 6. The van der Waals surface area contributed by atoms with Crippen molar-refractivity contribution in [1.29, 1.82) is 0 Å². The van der Waals surface area contributed by atoms with Crippen molar-refractivity contribution in [1.82, 2.24) is 0 Å². The third-order valence-corrected chi connectivity index (χ3v) is 5.25. The molecule has 2 heterocycles. The fraction of sp³-hybridized carbons (Fsp3) is 0.583. The van der Waals surface area contributed by atoms with E-state index in [0.29, 0.717) is 24.5 Å². The molecule has 1 aromatic carbocycles. The summed E-state index contributed by atoms with van der Waals surface area (Å²) >= 11 is 0. The predicted molar refractivity (Wildman–Crippen MR) is 116 cm³/mol. The van der Waals surface area contributed by atoms with Gasteiger partial charge in [-0.05, 0) is 51.5 Å². The van der Waals surface area contributed by atoms with Crippen LogP contribution in [0.25, 0.3) is 6.08 Å². The molecule has 0 spiro atoms. The van der Waals surface area contributed by atoms with Crippen molar-refractivity contribution in [3.8, 4) is 5.75 Å². The van der Waals surface area contributed by atoms with Crippen molar-refractivity contribution in [3.05, 3.63) is 35.4 Å². The lowest BCUT2D eigenvalue weighted by Crippen LogP contribution is -2.36. The number of carbonyl (C=O) groups excluding carboxylic acids is 2. The first-order valence-corrected chi connectivity index (χ1v) is 11.0. The van der Waals surface area contributed by atoms with Gasteiger partial charge in [0.05, 0.1) is 32.5 Å². The minimum Gasteiger partial charge on any atom is -0.493 e. The van der Waals surface area contributed by atoms with E-state index in [9.17, 15) is 9.59 Å². The first kappa shape index (κ1) is 24.2. The second-order valence-electron chi connectivity index (χ2n) is 8.29. The Kier molecular flexibility index (Phi) is 7.92. The summed E-state index contributed by atoms with van der Waals surface area (Å²) in [5, 5.41) is 0. The van der Waals surface area contributed by atoms with Crippen molar-refractivity contribution in [3.63, 3.8) is 0 Å². The molecule has 2 aliphatic rings. The third kappa shape index (κ3) is 5.88. The van der Waals surface area contributed by atoms with Crippen LogP contribution in [0.2, 0.25) is 0 Å². The molecule has 0 bridgehead atoms. The highest BCUT2D eigenvalue weighted by molar-refractivity contribution is 6.17. The Morgan fingerprint density at radius 1 is 1.09 bits per heavy atom. The van der Waals surface area contributed by atoms with Gasteiger partial charge in [0.25, 0.3) is 0 Å². The topological polar surface area (TPSA) is 89.5 Å². The standard InChI is InChI=1S/C24H32O8/c1-6-27-22(25)18(23(26)28-7-2)12-16-8-10-17(11-9-16)29-13-15(3)20-21-19(14-30-20)31-24(4,5)32-21/h8-12,15,19-21H,6-7,13-14H2,1-5H3/t15?,19-,20+,21-/m1/s1. The van der Waals surface area contributed by atoms with Gasteiger partial charge in [-0.25, -0.2) is 9.59 Å². The smallest absolute Gasteiger partial charge is 0.345 e. The van der Waals surface area contributed by atoms with E-state index in [4.69, 9.17) is 28.4 Å². The lowest BCUT2D eigenvalue weighted by atomic mass is 9.99. The van der Waals surface area contributed by atoms with Gasteiger partial charge in [0, 0.05) is 5.92 Å². The monoisotopic (exact) mass is 448 g/mol. The van der Waals surface area contributed by atoms with Gasteiger partial charge >= 0.3 is 11.9 Å². The Morgan fingerprint density at radius 2 is 1.72 bits per heavy atom. The summed E-state index contributed by atoms with van der Waals surface area (Å²) in [5.41, 5.74) is 0.507. The molecule has 0 aliphatic carbocycles. The fourth-order valence-electron chi connectivity index (χ4n) is 3.83. The van der Waals surface area contributed by atoms with E-state index in [1.165, 1.54) is 6.08 Å². The van der Waals surface area contributed by atoms with E-state index in [0.717, 1.165) is 0 Å². The predicted octanol–water partition coefficient (Wildman–Crippen LogP) is 3.13. The number of carbonyl (C=O) groups is 2. The third-order valence-electron chi connectivity index (χ3n) is 5.25. The molecule has 176 valence electrons. The van der Waals surface area contributed by atoms with Crippen molar-refractivity contribution < 1.29 is 38.0 Å². The molecule has 0 N–H and O–H groups in total. The Morgan fingerprint density at radius 3 is 2.31 bits per heavy atom. The van der Waals surface area contributed by atoms with E-state index in [1.54, 1.807) is 38.1 Å². The van der Waals surface area contributed by atoms with Crippen LogP contribution < -0.4 is 4.74 Å². The van der Waals surface area contributed by atoms with Gasteiger partial charge in [-0.3, -0.25) is 0 Å². The second-order valence-corrected chi connectivity index (χ2v) is 8.29. The van der Waals surface area contributed by atoms with Crippen LogP contribution in [0.4, 0.5) is 0 Å². The molecule has 8 heteroatoms. The molecule has 1 unspecified atom stereocenters. The molecule has 2 fully saturated rings. The van der Waals surface area contributed by atoms with Crippen LogP contribution >= 0.6 is 0 Å². The molecule has 0 aromatic heterocycles. The maximum absolute atomic E-state index is 12.1. The summed E-state index contributed by atoms with van der Waals surface area (Å²) in [4.78, 5) is 24.2. The minimum absolute atomic E-state index is 0.0449. The van der Waals surface area contributed by atoms with Crippen molar-refractivity contribution in [2.45, 2.75) is 58.7 Å². The molecular weight excluding hydrogens is 416 g/mol. The molecule has 3 rings (SSSR count). The number of benzene rings is 1. The Bertz CT molecular complexity index is 809. The molecule has 1 aromatic rings. The Labute approximate surface area is 188 Å². The molecule has 0 radical (unpaired) electrons. The number of esters is 2. The van der Waals surface area contributed by atoms with E-state index in [1.807, 2.05) is 13.8 Å². The summed E-state index contributed by atoms with van der Waals surface area (Å²) < 4.78 is 33.6. The van der Waals surface area contributed by atoms with Gasteiger partial charge in [0.15, 0.2) is 5.79 Å². The van der Waals surface area contributed by atoms with Gasteiger partial charge in [0.2, 0.25) is 0 Å². The number of hydrogen-bond donors (Lipinski definition) is 0. The Balaban J connectivity index is 1.59. The number of hydrogen-bond acceptors (Lipinski definition) is 8. The number of fused-ring (bicyclic) bond motifs is 1. The van der Waals surface area contributed by atoms with Crippen LogP contribution in [0, 0.1) is 5.92 Å². The van der Waals surface area contributed by atoms with Crippen LogP contribution in [0.1, 0.15) is 40.2 Å². The van der Waals surface area contributed by atoms with Crippen molar-refractivity contribution in [2.24, 2.45) is 5.92 Å². The Hall–Kier alpha value is -2.42. The summed E-state index contributed by atoms with van der Waals surface area (Å²) in [6.07, 6.45) is 1.21. The largest absolute Gasteiger partial charge is 0.493 e. The molecule has 32 heavy (non-hydrogen) atoms. The van der Waals surface area contributed by atoms with Crippen LogP contribution in [-0.4, -0.2) is 62.5 Å². The van der Waals surface area contributed by atoms with Gasteiger partial charge in [-0.2, -0.15) is 0 Å². The fourth-order valence-corrected chi connectivity index (χ4v) is 3.83. The second kappa shape index (κ2) is 10.5. The highest BCUT2D eigenvalue weighted by atomic mass is 16.8. The zero-order valence-electron chi connectivity index (χ0n) is 19.3. The van der Waals surface area contributed by atoms with Crippen molar-refractivity contribution in [2.75, 3.05) is 26.4 Å². The van der Waals surface area contributed by atoms with Crippen molar-refractivity contribution >= 4 is 18.0 Å². The first-order chi connectivity index (χ1) is 15.2. The maximum atomic E-state index is 12.1. The van der Waals surface area contributed by atoms with E-state index in [-0.39, 0.29) is 43.0 Å². The molecule has 8 nitrogen and oxygen atoms in total. The molecule has 2 aliphatic heterocycles. The average molecular weight is 449 g/mol. The highest BCUT2D eigenvalue weighted by Gasteiger charge is 2.51. The molecule has 2 saturated heterocycles. The van der Waals surface area contributed by atoms with Crippen LogP contribution in [0.5, 0.6) is 5.75 Å².